The lowest BCUT2D eigenvalue weighted by Gasteiger charge is -2.10. The number of benzene rings is 1. The summed E-state index contributed by atoms with van der Waals surface area (Å²) in [7, 11) is -0.312. The van der Waals surface area contributed by atoms with Gasteiger partial charge in [0.15, 0.2) is 0 Å². The molecule has 2 N–H and O–H groups in total. The Bertz CT molecular complexity index is 381. The van der Waals surface area contributed by atoms with Gasteiger partial charge < -0.3 is 5.73 Å². The number of allylic oxidation sites excluding steroid dienone is 2. The maximum Gasteiger partial charge on any atom is 0.0462 e. The van der Waals surface area contributed by atoms with Gasteiger partial charge in [0.05, 0.1) is 0 Å². The lowest BCUT2D eigenvalue weighted by molar-refractivity contribution is 1.07. The molecule has 74 valence electrons. The molecule has 0 fully saturated rings. The Morgan fingerprint density at radius 1 is 1.21 bits per heavy atom. The number of hydrogen-bond donors (Lipinski definition) is 2. The Kier molecular flexibility index (Phi) is 2.96. The average molecular weight is 226 g/mol. The summed E-state index contributed by atoms with van der Waals surface area (Å²) in [6.07, 6.45) is 1.96. The first-order valence-electron chi connectivity index (χ1n) is 4.42. The number of rotatable bonds is 2. The smallest absolute Gasteiger partial charge is 0.0462 e. The van der Waals surface area contributed by atoms with Crippen molar-refractivity contribution in [3.8, 4) is 0 Å². The minimum absolute atomic E-state index is 0.312. The van der Waals surface area contributed by atoms with E-state index in [4.69, 9.17) is 17.3 Å². The van der Waals surface area contributed by atoms with Crippen LogP contribution < -0.4 is 5.73 Å². The van der Waals surface area contributed by atoms with E-state index in [1.807, 2.05) is 6.08 Å². The van der Waals surface area contributed by atoms with Crippen molar-refractivity contribution in [1.29, 1.82) is 0 Å². The molecular weight excluding hydrogens is 214 g/mol. The van der Waals surface area contributed by atoms with Crippen molar-refractivity contribution in [3.05, 3.63) is 51.8 Å². The molecule has 0 amide bonds. The van der Waals surface area contributed by atoms with E-state index < -0.39 is 0 Å². The molecule has 0 spiro atoms. The third kappa shape index (κ3) is 2.03. The summed E-state index contributed by atoms with van der Waals surface area (Å²) in [5.74, 6) is 0. The van der Waals surface area contributed by atoms with Crippen LogP contribution >= 0.6 is 22.5 Å². The third-order valence-corrected chi connectivity index (χ3v) is 4.44. The highest BCUT2D eigenvalue weighted by Crippen LogP contribution is 2.44. The second-order valence-electron chi connectivity index (χ2n) is 3.11. The highest BCUT2D eigenvalue weighted by atomic mass is 35.5. The first-order valence-corrected chi connectivity index (χ1v) is 6.28. The van der Waals surface area contributed by atoms with E-state index in [0.717, 1.165) is 5.03 Å². The maximum atomic E-state index is 5.89. The number of hydrogen-bond acceptors (Lipinski definition) is 1. The average Bonchev–Trinajstić information content (AvgIpc) is 2.65. The van der Waals surface area contributed by atoms with Gasteiger partial charge in [0.1, 0.15) is 0 Å². The van der Waals surface area contributed by atoms with Gasteiger partial charge in [-0.05, 0) is 39.5 Å². The maximum absolute atomic E-state index is 5.89. The zero-order valence-corrected chi connectivity index (χ0v) is 9.30. The largest absolute Gasteiger partial charge is 0.326 e. The molecule has 0 bridgehead atoms. The molecule has 1 atom stereocenters. The first kappa shape index (κ1) is 9.84. The van der Waals surface area contributed by atoms with Crippen molar-refractivity contribution in [2.75, 3.05) is 0 Å². The summed E-state index contributed by atoms with van der Waals surface area (Å²) >= 11 is 5.89. The predicted molar refractivity (Wildman–Crippen MR) is 64.7 cm³/mol. The Morgan fingerprint density at radius 2 is 1.93 bits per heavy atom. The first-order chi connectivity index (χ1) is 6.79. The van der Waals surface area contributed by atoms with Gasteiger partial charge in [0.25, 0.3) is 0 Å². The number of halogens is 1. The highest BCUT2D eigenvalue weighted by molar-refractivity contribution is 8.22. The lowest BCUT2D eigenvalue weighted by atomic mass is 10.2. The van der Waals surface area contributed by atoms with E-state index in [9.17, 15) is 0 Å². The molecule has 2 rings (SSSR count). The molecule has 0 aromatic heterocycles. The zero-order chi connectivity index (χ0) is 9.97. The molecule has 0 saturated heterocycles. The molecule has 0 saturated carbocycles. The standard InChI is InChI=1S/C11H12ClNS/c12-10-5-6-14(8-10)11-3-1-9(7-13)2-4-11/h1-6,8,14H,7,13H2. The van der Waals surface area contributed by atoms with E-state index >= 15 is 0 Å². The van der Waals surface area contributed by atoms with Crippen molar-refractivity contribution in [2.45, 2.75) is 11.4 Å². The van der Waals surface area contributed by atoms with Crippen LogP contribution in [0, 0.1) is 0 Å². The van der Waals surface area contributed by atoms with E-state index in [0.29, 0.717) is 6.54 Å². The van der Waals surface area contributed by atoms with Crippen molar-refractivity contribution in [1.82, 2.24) is 0 Å². The molecule has 1 nitrogen and oxygen atoms in total. The molecule has 1 unspecified atom stereocenters. The van der Waals surface area contributed by atoms with Crippen LogP contribution in [-0.4, -0.2) is 0 Å². The van der Waals surface area contributed by atoms with Gasteiger partial charge in [0.2, 0.25) is 0 Å². The van der Waals surface area contributed by atoms with E-state index in [1.54, 1.807) is 0 Å². The fourth-order valence-corrected chi connectivity index (χ4v) is 3.38. The van der Waals surface area contributed by atoms with Crippen molar-refractivity contribution >= 4 is 22.5 Å². The van der Waals surface area contributed by atoms with Gasteiger partial charge in [-0.15, -0.1) is 0 Å². The summed E-state index contributed by atoms with van der Waals surface area (Å²) in [6.45, 7) is 0.602. The summed E-state index contributed by atoms with van der Waals surface area (Å²) in [6, 6.07) is 8.41. The quantitative estimate of drug-likeness (QED) is 0.744. The van der Waals surface area contributed by atoms with E-state index in [2.05, 4.69) is 35.1 Å². The van der Waals surface area contributed by atoms with Crippen LogP contribution in [0.5, 0.6) is 0 Å². The number of thiol groups is 1. The zero-order valence-electron chi connectivity index (χ0n) is 7.65. The van der Waals surface area contributed by atoms with Crippen LogP contribution in [0.2, 0.25) is 0 Å². The molecular formula is C11H12ClNS. The minimum Gasteiger partial charge on any atom is -0.326 e. The van der Waals surface area contributed by atoms with Crippen molar-refractivity contribution in [2.24, 2.45) is 5.73 Å². The van der Waals surface area contributed by atoms with Crippen molar-refractivity contribution < 1.29 is 0 Å². The van der Waals surface area contributed by atoms with Gasteiger partial charge in [-0.2, -0.15) is 10.9 Å². The van der Waals surface area contributed by atoms with Gasteiger partial charge in [-0.1, -0.05) is 23.7 Å². The Hall–Kier alpha value is -0.700. The molecule has 14 heavy (non-hydrogen) atoms. The SMILES string of the molecule is NCc1ccc([SH]2C=CC(Cl)=C2)cc1. The van der Waals surface area contributed by atoms with Gasteiger partial charge in [0, 0.05) is 11.6 Å². The molecule has 0 aliphatic carbocycles. The summed E-state index contributed by atoms with van der Waals surface area (Å²) < 4.78 is 0. The monoisotopic (exact) mass is 225 g/mol. The summed E-state index contributed by atoms with van der Waals surface area (Å²) in [5.41, 5.74) is 6.70. The van der Waals surface area contributed by atoms with E-state index in [1.165, 1.54) is 10.5 Å². The fourth-order valence-electron chi connectivity index (χ4n) is 1.34. The molecule has 1 aliphatic rings. The lowest BCUT2D eigenvalue weighted by Crippen LogP contribution is -1.95. The van der Waals surface area contributed by atoms with Crippen LogP contribution in [0.15, 0.2) is 51.1 Å². The minimum atomic E-state index is -0.312. The van der Waals surface area contributed by atoms with Crippen molar-refractivity contribution in [3.63, 3.8) is 0 Å². The van der Waals surface area contributed by atoms with Crippen LogP contribution in [0.3, 0.4) is 0 Å². The fraction of sp³-hybridized carbons (Fsp3) is 0.0909. The van der Waals surface area contributed by atoms with Crippen LogP contribution in [-0.2, 0) is 6.54 Å². The second-order valence-corrected chi connectivity index (χ2v) is 5.43. The molecule has 1 aromatic carbocycles. The van der Waals surface area contributed by atoms with Gasteiger partial charge in [-0.3, -0.25) is 0 Å². The number of nitrogens with two attached hydrogens (primary N) is 1. The van der Waals surface area contributed by atoms with Gasteiger partial charge in [-0.25, -0.2) is 0 Å². The third-order valence-electron chi connectivity index (χ3n) is 2.13. The Labute approximate surface area is 91.6 Å². The highest BCUT2D eigenvalue weighted by Gasteiger charge is 2.06. The molecule has 0 radical (unpaired) electrons. The topological polar surface area (TPSA) is 26.0 Å². The van der Waals surface area contributed by atoms with Crippen LogP contribution in [0.1, 0.15) is 5.56 Å². The van der Waals surface area contributed by atoms with E-state index in [-0.39, 0.29) is 10.9 Å². The molecule has 1 aliphatic heterocycles. The second kappa shape index (κ2) is 4.22. The molecule has 3 heteroatoms. The predicted octanol–water partition coefficient (Wildman–Crippen LogP) is 3.11. The summed E-state index contributed by atoms with van der Waals surface area (Å²) in [4.78, 5) is 1.32. The summed E-state index contributed by atoms with van der Waals surface area (Å²) in [5, 5.41) is 5.11. The van der Waals surface area contributed by atoms with Crippen LogP contribution in [0.4, 0.5) is 0 Å². The molecule has 1 aromatic rings. The Balaban J connectivity index is 2.22. The molecule has 1 heterocycles. The van der Waals surface area contributed by atoms with Crippen LogP contribution in [0.25, 0.3) is 0 Å². The Morgan fingerprint density at radius 3 is 2.43 bits per heavy atom. The van der Waals surface area contributed by atoms with Gasteiger partial charge >= 0.3 is 0 Å². The normalized spacial score (nSPS) is 22.4.